The van der Waals surface area contributed by atoms with Gasteiger partial charge in [-0.15, -0.1) is 11.3 Å². The summed E-state index contributed by atoms with van der Waals surface area (Å²) in [6.07, 6.45) is -0.793. The number of aliphatic hydroxyl groups excluding tert-OH is 1. The van der Waals surface area contributed by atoms with E-state index >= 15 is 0 Å². The number of hydrogen-bond acceptors (Lipinski definition) is 11. The Hall–Kier alpha value is -3.47. The number of aromatic nitrogens is 1. The van der Waals surface area contributed by atoms with Crippen LogP contribution in [0.1, 0.15) is 32.9 Å². The van der Waals surface area contributed by atoms with Crippen LogP contribution in [-0.4, -0.2) is 128 Å². The van der Waals surface area contributed by atoms with Gasteiger partial charge in [0.1, 0.15) is 25.3 Å². The van der Waals surface area contributed by atoms with E-state index in [0.29, 0.717) is 5.69 Å². The van der Waals surface area contributed by atoms with E-state index in [1.54, 1.807) is 23.9 Å². The van der Waals surface area contributed by atoms with Crippen LogP contribution in [0.2, 0.25) is 0 Å². The van der Waals surface area contributed by atoms with Gasteiger partial charge in [-0.3, -0.25) is 14.4 Å². The third kappa shape index (κ3) is 11.6. The molecule has 15 heteroatoms. The molecule has 2 aromatic rings. The zero-order valence-electron chi connectivity index (χ0n) is 27.6. The van der Waals surface area contributed by atoms with Crippen molar-refractivity contribution >= 4 is 40.7 Å². The predicted octanol–water partition coefficient (Wildman–Crippen LogP) is 1.73. The number of carbonyl (C=O) groups excluding carboxylic acids is 3. The number of carbonyl (C=O) groups is 4. The second-order valence-electron chi connectivity index (χ2n) is 12.2. The van der Waals surface area contributed by atoms with Gasteiger partial charge in [0.25, 0.3) is 0 Å². The number of carboxylic acids is 1. The summed E-state index contributed by atoms with van der Waals surface area (Å²) in [4.78, 5) is 58.9. The van der Waals surface area contributed by atoms with Crippen molar-refractivity contribution < 1.29 is 48.3 Å². The number of likely N-dealkylation sites (tertiary alicyclic amines) is 1. The number of rotatable bonds is 18. The predicted molar refractivity (Wildman–Crippen MR) is 174 cm³/mol. The van der Waals surface area contributed by atoms with Crippen LogP contribution < -0.4 is 10.2 Å². The standard InChI is InChI=1S/C32H46N4O10S/c1-21-28(47-20-33-21)22-6-8-23(9-7-22)35(5)30(41)25-16-24(37)17-36(25)31(42)29(32(2,3)4)34-26(38)18-45-14-12-43-10-11-44-13-15-46-19-27(39)40/h6-9,20,24-25,29,37H,10-19H2,1-5H3,(H,34,38)(H,39,40)/t24-,25+,29-/m1/s1. The fraction of sp³-hybridized carbons (Fsp3) is 0.594. The number of anilines is 1. The van der Waals surface area contributed by atoms with Crippen LogP contribution in [0.15, 0.2) is 29.8 Å². The Kier molecular flexibility index (Phi) is 14.7. The molecule has 14 nitrogen and oxygen atoms in total. The average Bonchev–Trinajstić information content (AvgIpc) is 3.63. The monoisotopic (exact) mass is 678 g/mol. The first-order valence-corrected chi connectivity index (χ1v) is 16.3. The van der Waals surface area contributed by atoms with E-state index < -0.39 is 41.4 Å². The summed E-state index contributed by atoms with van der Waals surface area (Å²) in [6, 6.07) is 5.64. The number of aliphatic hydroxyl groups is 1. The molecule has 0 aliphatic carbocycles. The molecule has 3 rings (SSSR count). The minimum Gasteiger partial charge on any atom is -0.480 e. The number of thiazole rings is 1. The highest BCUT2D eigenvalue weighted by atomic mass is 32.1. The van der Waals surface area contributed by atoms with Gasteiger partial charge in [-0.25, -0.2) is 9.78 Å². The van der Waals surface area contributed by atoms with E-state index in [-0.39, 0.29) is 71.7 Å². The smallest absolute Gasteiger partial charge is 0.329 e. The van der Waals surface area contributed by atoms with Gasteiger partial charge in [0.05, 0.1) is 61.8 Å². The first kappa shape index (κ1) is 38.0. The summed E-state index contributed by atoms with van der Waals surface area (Å²) < 4.78 is 20.9. The van der Waals surface area contributed by atoms with E-state index in [1.165, 1.54) is 9.80 Å². The molecule has 47 heavy (non-hydrogen) atoms. The van der Waals surface area contributed by atoms with Gasteiger partial charge in [-0.05, 0) is 30.0 Å². The number of amides is 3. The fourth-order valence-corrected chi connectivity index (χ4v) is 5.77. The molecule has 0 unspecified atom stereocenters. The van der Waals surface area contributed by atoms with Crippen molar-refractivity contribution in [2.24, 2.45) is 5.41 Å². The lowest BCUT2D eigenvalue weighted by Gasteiger charge is -2.36. The van der Waals surface area contributed by atoms with Crippen molar-refractivity contribution in [2.75, 3.05) is 71.3 Å². The fourth-order valence-electron chi connectivity index (χ4n) is 4.96. The summed E-state index contributed by atoms with van der Waals surface area (Å²) >= 11 is 1.54. The quantitative estimate of drug-likeness (QED) is 0.196. The molecule has 0 spiro atoms. The molecule has 3 amide bonds. The summed E-state index contributed by atoms with van der Waals surface area (Å²) in [6.45, 7) is 8.00. The summed E-state index contributed by atoms with van der Waals surface area (Å²) in [5, 5.41) is 21.8. The van der Waals surface area contributed by atoms with Gasteiger partial charge in [-0.1, -0.05) is 32.9 Å². The van der Waals surface area contributed by atoms with Crippen molar-refractivity contribution in [3.63, 3.8) is 0 Å². The number of ether oxygens (including phenoxy) is 4. The van der Waals surface area contributed by atoms with Crippen LogP contribution in [0.5, 0.6) is 0 Å². The molecule has 1 fully saturated rings. The molecule has 1 saturated heterocycles. The highest BCUT2D eigenvalue weighted by Gasteiger charge is 2.45. The van der Waals surface area contributed by atoms with Crippen molar-refractivity contribution in [1.82, 2.24) is 15.2 Å². The molecule has 1 aromatic heterocycles. The molecule has 260 valence electrons. The van der Waals surface area contributed by atoms with Gasteiger partial charge < -0.3 is 44.3 Å². The van der Waals surface area contributed by atoms with Gasteiger partial charge in [-0.2, -0.15) is 0 Å². The average molecular weight is 679 g/mol. The van der Waals surface area contributed by atoms with Crippen LogP contribution >= 0.6 is 11.3 Å². The Morgan fingerprint density at radius 2 is 1.57 bits per heavy atom. The molecule has 1 aromatic carbocycles. The number of aliphatic carboxylic acids is 1. The second-order valence-corrected chi connectivity index (χ2v) is 13.1. The van der Waals surface area contributed by atoms with Crippen LogP contribution in [0, 0.1) is 12.3 Å². The molecule has 1 aliphatic heterocycles. The maximum atomic E-state index is 13.9. The van der Waals surface area contributed by atoms with E-state index in [2.05, 4.69) is 10.3 Å². The second kappa shape index (κ2) is 18.2. The van der Waals surface area contributed by atoms with Gasteiger partial charge in [0.15, 0.2) is 0 Å². The third-order valence-corrected chi connectivity index (χ3v) is 8.41. The van der Waals surface area contributed by atoms with Crippen LogP contribution in [0.4, 0.5) is 5.69 Å². The molecule has 3 N–H and O–H groups in total. The number of carboxylic acid groups (broad SMARTS) is 1. The molecule has 0 bridgehead atoms. The molecular weight excluding hydrogens is 632 g/mol. The van der Waals surface area contributed by atoms with Crippen molar-refractivity contribution in [1.29, 1.82) is 0 Å². The minimum atomic E-state index is -1.04. The first-order chi connectivity index (χ1) is 22.3. The Labute approximate surface area is 278 Å². The summed E-state index contributed by atoms with van der Waals surface area (Å²) in [5.41, 5.74) is 3.65. The maximum absolute atomic E-state index is 13.9. The van der Waals surface area contributed by atoms with E-state index in [0.717, 1.165) is 16.1 Å². The van der Waals surface area contributed by atoms with Gasteiger partial charge >= 0.3 is 5.97 Å². The molecule has 0 radical (unpaired) electrons. The minimum absolute atomic E-state index is 0.0258. The van der Waals surface area contributed by atoms with E-state index in [4.69, 9.17) is 24.1 Å². The maximum Gasteiger partial charge on any atom is 0.329 e. The van der Waals surface area contributed by atoms with E-state index in [1.807, 2.05) is 52.0 Å². The lowest BCUT2D eigenvalue weighted by Crippen LogP contribution is -2.58. The third-order valence-electron chi connectivity index (χ3n) is 7.43. The summed E-state index contributed by atoms with van der Waals surface area (Å²) in [5.74, 6) is -2.34. The molecule has 2 heterocycles. The topological polar surface area (TPSA) is 177 Å². The summed E-state index contributed by atoms with van der Waals surface area (Å²) in [7, 11) is 1.64. The Bertz CT molecular complexity index is 1330. The Balaban J connectivity index is 1.49. The number of aryl methyl sites for hydroxylation is 1. The van der Waals surface area contributed by atoms with Gasteiger partial charge in [0, 0.05) is 25.7 Å². The van der Waals surface area contributed by atoms with Crippen molar-refractivity contribution in [3.05, 3.63) is 35.5 Å². The zero-order chi connectivity index (χ0) is 34.6. The van der Waals surface area contributed by atoms with Gasteiger partial charge in [0.2, 0.25) is 17.7 Å². The highest BCUT2D eigenvalue weighted by molar-refractivity contribution is 7.13. The zero-order valence-corrected chi connectivity index (χ0v) is 28.4. The highest BCUT2D eigenvalue weighted by Crippen LogP contribution is 2.31. The number of hydrogen-bond donors (Lipinski definition) is 3. The number of nitrogens with zero attached hydrogens (tertiary/aromatic N) is 3. The van der Waals surface area contributed by atoms with Crippen LogP contribution in [-0.2, 0) is 38.1 Å². The molecule has 3 atom stereocenters. The Morgan fingerprint density at radius 1 is 1.00 bits per heavy atom. The number of nitrogens with one attached hydrogen (secondary N) is 1. The number of β-amino-alcohol motifs (C(OH)–C–C–N with tert-alkyl or cyclic N) is 1. The SMILES string of the molecule is Cc1ncsc1-c1ccc(N(C)C(=O)[C@@H]2C[C@@H](O)CN2C(=O)[C@@H](NC(=O)COCCOCCOCCOCC(=O)O)C(C)(C)C)cc1. The molecule has 1 aliphatic rings. The molecule has 0 saturated carbocycles. The Morgan fingerprint density at radius 3 is 2.11 bits per heavy atom. The number of likely N-dealkylation sites (N-methyl/N-ethyl adjacent to an activating group) is 1. The first-order valence-electron chi connectivity index (χ1n) is 15.4. The molecular formula is C32H46N4O10S. The number of benzene rings is 1. The lowest BCUT2D eigenvalue weighted by molar-refractivity contribution is -0.144. The normalized spacial score (nSPS) is 17.0. The largest absolute Gasteiger partial charge is 0.480 e. The van der Waals surface area contributed by atoms with E-state index in [9.17, 15) is 24.3 Å². The lowest BCUT2D eigenvalue weighted by atomic mass is 9.85. The van der Waals surface area contributed by atoms with Crippen LogP contribution in [0.25, 0.3) is 10.4 Å². The van der Waals surface area contributed by atoms with Crippen molar-refractivity contribution in [3.8, 4) is 10.4 Å². The van der Waals surface area contributed by atoms with Crippen molar-refractivity contribution in [2.45, 2.75) is 52.3 Å². The van der Waals surface area contributed by atoms with Crippen LogP contribution in [0.3, 0.4) is 0 Å².